The maximum absolute atomic E-state index is 14.3. The number of alkyl halides is 3. The van der Waals surface area contributed by atoms with E-state index in [0.29, 0.717) is 37.2 Å². The topological polar surface area (TPSA) is 49.8 Å². The summed E-state index contributed by atoms with van der Waals surface area (Å²) in [6, 6.07) is 8.47. The highest BCUT2D eigenvalue weighted by molar-refractivity contribution is 5.89. The second kappa shape index (κ2) is 10.1. The molecule has 4 nitrogen and oxygen atoms in total. The number of carboxylic acid groups (broad SMARTS) is 1. The van der Waals surface area contributed by atoms with E-state index in [1.165, 1.54) is 6.07 Å². The van der Waals surface area contributed by atoms with Gasteiger partial charge < -0.3 is 9.84 Å². The third-order valence-corrected chi connectivity index (χ3v) is 7.64. The van der Waals surface area contributed by atoms with E-state index in [4.69, 9.17) is 4.74 Å². The predicted octanol–water partition coefficient (Wildman–Crippen LogP) is 7.06. The van der Waals surface area contributed by atoms with Gasteiger partial charge in [0.1, 0.15) is 11.3 Å². The largest absolute Gasteiger partial charge is 0.490 e. The van der Waals surface area contributed by atoms with Crippen LogP contribution >= 0.6 is 0 Å². The summed E-state index contributed by atoms with van der Waals surface area (Å²) in [7, 11) is 0. The van der Waals surface area contributed by atoms with Crippen LogP contribution in [0.5, 0.6) is 5.75 Å². The number of fused-ring (bicyclic) bond motifs is 1. The number of carboxylic acids is 1. The summed E-state index contributed by atoms with van der Waals surface area (Å²) in [6.45, 7) is 5.45. The van der Waals surface area contributed by atoms with E-state index in [-0.39, 0.29) is 29.2 Å². The third-order valence-electron chi connectivity index (χ3n) is 7.64. The fraction of sp³-hybridized carbons (Fsp3) is 0.593. The zero-order valence-electron chi connectivity index (χ0n) is 19.9. The summed E-state index contributed by atoms with van der Waals surface area (Å²) in [5.74, 6) is -0.600. The van der Waals surface area contributed by atoms with Gasteiger partial charge in [0.25, 0.3) is 0 Å². The number of nitrogens with zero attached hydrogens (tertiary/aromatic N) is 1. The van der Waals surface area contributed by atoms with Crippen molar-refractivity contribution >= 4 is 16.7 Å². The number of ether oxygens (including phenoxy) is 1. The van der Waals surface area contributed by atoms with Crippen molar-refractivity contribution in [2.75, 3.05) is 13.1 Å². The second-order valence-electron chi connectivity index (χ2n) is 9.99. The van der Waals surface area contributed by atoms with Crippen LogP contribution < -0.4 is 4.74 Å². The second-order valence-corrected chi connectivity index (χ2v) is 9.99. The molecule has 0 radical (unpaired) electrons. The molecule has 186 valence electrons. The zero-order chi connectivity index (χ0) is 24.5. The molecule has 2 aromatic carbocycles. The lowest BCUT2D eigenvalue weighted by molar-refractivity contribution is -0.143. The highest BCUT2D eigenvalue weighted by Gasteiger charge is 2.38. The van der Waals surface area contributed by atoms with Gasteiger partial charge in [0.2, 0.25) is 0 Å². The summed E-state index contributed by atoms with van der Waals surface area (Å²) >= 11 is 0. The lowest BCUT2D eigenvalue weighted by Gasteiger charge is -2.36. The van der Waals surface area contributed by atoms with E-state index < -0.39 is 17.7 Å². The van der Waals surface area contributed by atoms with Crippen LogP contribution in [-0.2, 0) is 11.0 Å². The quantitative estimate of drug-likeness (QED) is 0.484. The summed E-state index contributed by atoms with van der Waals surface area (Å²) in [5, 5.41) is 10.00. The molecule has 2 aliphatic rings. The van der Waals surface area contributed by atoms with Crippen molar-refractivity contribution in [1.29, 1.82) is 0 Å². The van der Waals surface area contributed by atoms with Crippen molar-refractivity contribution in [3.63, 3.8) is 0 Å². The summed E-state index contributed by atoms with van der Waals surface area (Å²) in [6.07, 6.45) is 0.647. The van der Waals surface area contributed by atoms with Crippen LogP contribution in [0.1, 0.15) is 76.0 Å². The van der Waals surface area contributed by atoms with Gasteiger partial charge in [-0.15, -0.1) is 0 Å². The molecule has 0 bridgehead atoms. The number of carbonyl (C=O) groups is 1. The summed E-state index contributed by atoms with van der Waals surface area (Å²) in [5.41, 5.74) is 0.142. The number of halogens is 3. The van der Waals surface area contributed by atoms with Crippen molar-refractivity contribution in [3.05, 3.63) is 41.5 Å². The monoisotopic (exact) mass is 477 g/mol. The van der Waals surface area contributed by atoms with Gasteiger partial charge in [-0.2, -0.15) is 13.2 Å². The van der Waals surface area contributed by atoms with E-state index in [2.05, 4.69) is 11.8 Å². The zero-order valence-corrected chi connectivity index (χ0v) is 19.9. The Balaban J connectivity index is 1.66. The molecule has 1 unspecified atom stereocenters. The Hall–Kier alpha value is -2.28. The Labute approximate surface area is 199 Å². The molecule has 1 atom stereocenters. The lowest BCUT2D eigenvalue weighted by Crippen LogP contribution is -2.38. The molecule has 0 aromatic heterocycles. The number of piperidine rings is 1. The fourth-order valence-electron chi connectivity index (χ4n) is 5.60. The molecule has 1 aliphatic carbocycles. The summed E-state index contributed by atoms with van der Waals surface area (Å²) in [4.78, 5) is 13.5. The highest BCUT2D eigenvalue weighted by Crippen LogP contribution is 2.43. The molecule has 2 aromatic rings. The molecule has 1 saturated carbocycles. The van der Waals surface area contributed by atoms with Gasteiger partial charge in [0.15, 0.2) is 0 Å². The molecule has 1 saturated heterocycles. The van der Waals surface area contributed by atoms with Gasteiger partial charge in [0, 0.05) is 6.04 Å². The van der Waals surface area contributed by atoms with Crippen LogP contribution in [-0.4, -0.2) is 35.2 Å². The van der Waals surface area contributed by atoms with E-state index >= 15 is 0 Å². The van der Waals surface area contributed by atoms with Gasteiger partial charge >= 0.3 is 12.1 Å². The first kappa shape index (κ1) is 24.8. The molecular formula is C27H34F3NO3. The summed E-state index contributed by atoms with van der Waals surface area (Å²) < 4.78 is 49.0. The van der Waals surface area contributed by atoms with E-state index in [1.807, 2.05) is 13.0 Å². The van der Waals surface area contributed by atoms with Gasteiger partial charge in [-0.3, -0.25) is 9.69 Å². The minimum atomic E-state index is -4.53. The van der Waals surface area contributed by atoms with E-state index in [1.54, 1.807) is 18.2 Å². The maximum Gasteiger partial charge on any atom is 0.420 e. The molecule has 0 spiro atoms. The number of benzene rings is 2. The normalized spacial score (nSPS) is 23.7. The Morgan fingerprint density at radius 3 is 2.32 bits per heavy atom. The Bertz CT molecular complexity index is 1010. The number of hydrogen-bond donors (Lipinski definition) is 1. The molecule has 4 rings (SSSR count). The van der Waals surface area contributed by atoms with Crippen molar-refractivity contribution in [2.45, 2.75) is 77.1 Å². The van der Waals surface area contributed by atoms with Gasteiger partial charge in [-0.1, -0.05) is 32.0 Å². The third kappa shape index (κ3) is 5.35. The Morgan fingerprint density at radius 2 is 1.74 bits per heavy atom. The Kier molecular flexibility index (Phi) is 7.41. The first-order chi connectivity index (χ1) is 16.2. The first-order valence-electron chi connectivity index (χ1n) is 12.4. The van der Waals surface area contributed by atoms with Crippen molar-refractivity contribution in [2.24, 2.45) is 11.8 Å². The minimum absolute atomic E-state index is 0.0513. The predicted molar refractivity (Wildman–Crippen MR) is 126 cm³/mol. The average Bonchev–Trinajstić information content (AvgIpc) is 2.80. The fourth-order valence-corrected chi connectivity index (χ4v) is 5.60. The van der Waals surface area contributed by atoms with Gasteiger partial charge in [-0.05, 0) is 92.4 Å². The van der Waals surface area contributed by atoms with E-state index in [9.17, 15) is 23.1 Å². The number of aliphatic carboxylic acids is 1. The number of hydrogen-bond acceptors (Lipinski definition) is 3. The highest BCUT2D eigenvalue weighted by atomic mass is 19.4. The molecule has 7 heteroatoms. The van der Waals surface area contributed by atoms with Crippen LogP contribution in [0.4, 0.5) is 13.2 Å². The van der Waals surface area contributed by atoms with Crippen LogP contribution in [0.3, 0.4) is 0 Å². The van der Waals surface area contributed by atoms with Crippen LogP contribution in [0.25, 0.3) is 10.8 Å². The average molecular weight is 478 g/mol. The van der Waals surface area contributed by atoms with Crippen LogP contribution in [0.2, 0.25) is 0 Å². The molecule has 0 amide bonds. The molecule has 1 aliphatic heterocycles. The molecular weight excluding hydrogens is 443 g/mol. The SMILES string of the molecule is CCC(c1ccc2ccc(OC3CCC(C)CC3)c(C(F)(F)F)c2c1)N1CCC(C(=O)O)CC1. The number of rotatable bonds is 6. The maximum atomic E-state index is 14.3. The molecule has 34 heavy (non-hydrogen) atoms. The van der Waals surface area contributed by atoms with Crippen LogP contribution in [0, 0.1) is 11.8 Å². The Morgan fingerprint density at radius 1 is 1.09 bits per heavy atom. The van der Waals surface area contributed by atoms with E-state index in [0.717, 1.165) is 37.7 Å². The van der Waals surface area contributed by atoms with Crippen molar-refractivity contribution < 1.29 is 27.8 Å². The van der Waals surface area contributed by atoms with Crippen LogP contribution in [0.15, 0.2) is 30.3 Å². The van der Waals surface area contributed by atoms with Crippen molar-refractivity contribution in [1.82, 2.24) is 4.90 Å². The number of likely N-dealkylation sites (tertiary alicyclic amines) is 1. The standard InChI is InChI=1S/C27H34F3NO3/c1-3-23(31-14-12-19(13-15-31)26(32)33)20-7-6-18-8-11-24(25(22(18)16-20)27(28,29)30)34-21-9-4-17(2)5-10-21/h6-8,11,16-17,19,21,23H,3-5,9-10,12-15H2,1-2H3,(H,32,33). The van der Waals surface area contributed by atoms with Crippen molar-refractivity contribution in [3.8, 4) is 5.75 Å². The van der Waals surface area contributed by atoms with Gasteiger partial charge in [0.05, 0.1) is 12.0 Å². The molecule has 1 N–H and O–H groups in total. The molecule has 2 fully saturated rings. The first-order valence-corrected chi connectivity index (χ1v) is 12.4. The lowest BCUT2D eigenvalue weighted by atomic mass is 9.89. The molecule has 1 heterocycles. The van der Waals surface area contributed by atoms with Gasteiger partial charge in [-0.25, -0.2) is 0 Å². The minimum Gasteiger partial charge on any atom is -0.490 e. The smallest absolute Gasteiger partial charge is 0.420 e.